The Hall–Kier alpha value is -0.610. The van der Waals surface area contributed by atoms with Gasteiger partial charge in [0, 0.05) is 12.1 Å². The molecule has 13 heavy (non-hydrogen) atoms. The van der Waals surface area contributed by atoms with Crippen LogP contribution in [0.4, 0.5) is 0 Å². The largest absolute Gasteiger partial charge is 0.394 e. The highest BCUT2D eigenvalue weighted by Crippen LogP contribution is 2.34. The van der Waals surface area contributed by atoms with Crippen molar-refractivity contribution < 1.29 is 9.90 Å². The SMILES string of the molecule is CCNC(=O)C(C)NC1(CO)CC1. The van der Waals surface area contributed by atoms with Crippen LogP contribution in [-0.2, 0) is 4.79 Å². The highest BCUT2D eigenvalue weighted by atomic mass is 16.3. The zero-order valence-corrected chi connectivity index (χ0v) is 8.26. The number of hydrogen-bond acceptors (Lipinski definition) is 3. The molecule has 0 bridgehead atoms. The van der Waals surface area contributed by atoms with Crippen LogP contribution in [0, 0.1) is 0 Å². The molecule has 3 N–H and O–H groups in total. The van der Waals surface area contributed by atoms with Crippen molar-refractivity contribution in [3.05, 3.63) is 0 Å². The Morgan fingerprint density at radius 2 is 2.23 bits per heavy atom. The van der Waals surface area contributed by atoms with Gasteiger partial charge in [0.15, 0.2) is 0 Å². The molecule has 1 aliphatic rings. The predicted molar refractivity (Wildman–Crippen MR) is 50.3 cm³/mol. The Labute approximate surface area is 78.7 Å². The second-order valence-electron chi connectivity index (χ2n) is 3.70. The fourth-order valence-corrected chi connectivity index (χ4v) is 1.35. The molecule has 1 saturated carbocycles. The second-order valence-corrected chi connectivity index (χ2v) is 3.70. The third-order valence-electron chi connectivity index (χ3n) is 2.42. The van der Waals surface area contributed by atoms with Crippen molar-refractivity contribution in [2.75, 3.05) is 13.2 Å². The summed E-state index contributed by atoms with van der Waals surface area (Å²) in [5.74, 6) is 0.00206. The number of amides is 1. The third-order valence-corrected chi connectivity index (χ3v) is 2.42. The Morgan fingerprint density at radius 1 is 1.62 bits per heavy atom. The lowest BCUT2D eigenvalue weighted by Crippen LogP contribution is -2.49. The van der Waals surface area contributed by atoms with E-state index in [2.05, 4.69) is 10.6 Å². The van der Waals surface area contributed by atoms with Gasteiger partial charge in [0.25, 0.3) is 0 Å². The van der Waals surface area contributed by atoms with Gasteiger partial charge in [0.05, 0.1) is 12.6 Å². The van der Waals surface area contributed by atoms with Gasteiger partial charge in [-0.1, -0.05) is 0 Å². The van der Waals surface area contributed by atoms with Gasteiger partial charge >= 0.3 is 0 Å². The van der Waals surface area contributed by atoms with E-state index >= 15 is 0 Å². The molecule has 0 heterocycles. The van der Waals surface area contributed by atoms with E-state index in [4.69, 9.17) is 5.11 Å². The molecule has 1 unspecified atom stereocenters. The molecule has 4 heteroatoms. The molecule has 0 saturated heterocycles. The standard InChI is InChI=1S/C9H18N2O2/c1-3-10-8(13)7(2)11-9(6-12)4-5-9/h7,11-12H,3-6H2,1-2H3,(H,10,13). The van der Waals surface area contributed by atoms with Crippen LogP contribution < -0.4 is 10.6 Å². The van der Waals surface area contributed by atoms with Gasteiger partial charge in [-0.3, -0.25) is 10.1 Å². The fraction of sp³-hybridized carbons (Fsp3) is 0.889. The maximum Gasteiger partial charge on any atom is 0.236 e. The van der Waals surface area contributed by atoms with Crippen LogP contribution in [0.2, 0.25) is 0 Å². The molecule has 0 aromatic carbocycles. The van der Waals surface area contributed by atoms with E-state index in [1.165, 1.54) is 0 Å². The molecular weight excluding hydrogens is 168 g/mol. The maximum absolute atomic E-state index is 11.3. The topological polar surface area (TPSA) is 61.4 Å². The first-order valence-corrected chi connectivity index (χ1v) is 4.80. The van der Waals surface area contributed by atoms with Gasteiger partial charge in [-0.25, -0.2) is 0 Å². The summed E-state index contributed by atoms with van der Waals surface area (Å²) < 4.78 is 0. The number of aliphatic hydroxyl groups excluding tert-OH is 1. The van der Waals surface area contributed by atoms with E-state index < -0.39 is 0 Å². The highest BCUT2D eigenvalue weighted by molar-refractivity contribution is 5.81. The molecular formula is C9H18N2O2. The van der Waals surface area contributed by atoms with Crippen molar-refractivity contribution in [1.82, 2.24) is 10.6 Å². The molecule has 1 aliphatic carbocycles. The first-order chi connectivity index (χ1) is 6.13. The van der Waals surface area contributed by atoms with Gasteiger partial charge in [-0.05, 0) is 26.7 Å². The summed E-state index contributed by atoms with van der Waals surface area (Å²) in [7, 11) is 0. The number of hydrogen-bond donors (Lipinski definition) is 3. The van der Waals surface area contributed by atoms with Crippen molar-refractivity contribution in [1.29, 1.82) is 0 Å². The number of rotatable bonds is 5. The molecule has 1 fully saturated rings. The van der Waals surface area contributed by atoms with Gasteiger partial charge < -0.3 is 10.4 Å². The molecule has 1 rings (SSSR count). The van der Waals surface area contributed by atoms with Crippen LogP contribution in [0.3, 0.4) is 0 Å². The molecule has 1 amide bonds. The molecule has 0 aliphatic heterocycles. The second kappa shape index (κ2) is 4.07. The fourth-order valence-electron chi connectivity index (χ4n) is 1.35. The van der Waals surface area contributed by atoms with Gasteiger partial charge in [0.1, 0.15) is 0 Å². The lowest BCUT2D eigenvalue weighted by Gasteiger charge is -2.19. The monoisotopic (exact) mass is 186 g/mol. The number of carbonyl (C=O) groups excluding carboxylic acids is 1. The van der Waals surface area contributed by atoms with Crippen molar-refractivity contribution in [3.63, 3.8) is 0 Å². The smallest absolute Gasteiger partial charge is 0.236 e. The average molecular weight is 186 g/mol. The van der Waals surface area contributed by atoms with Crippen LogP contribution in [0.25, 0.3) is 0 Å². The van der Waals surface area contributed by atoms with Gasteiger partial charge in [-0.2, -0.15) is 0 Å². The molecule has 76 valence electrons. The van der Waals surface area contributed by atoms with Crippen molar-refractivity contribution >= 4 is 5.91 Å². The first kappa shape index (κ1) is 10.5. The first-order valence-electron chi connectivity index (χ1n) is 4.80. The molecule has 0 aromatic rings. The van der Waals surface area contributed by atoms with Crippen LogP contribution in [-0.4, -0.2) is 35.7 Å². The molecule has 0 aromatic heterocycles. The van der Waals surface area contributed by atoms with E-state index in [0.29, 0.717) is 6.54 Å². The average Bonchev–Trinajstić information content (AvgIpc) is 2.86. The highest BCUT2D eigenvalue weighted by Gasteiger charge is 2.43. The normalized spacial score (nSPS) is 20.8. The van der Waals surface area contributed by atoms with Crippen LogP contribution in [0.15, 0.2) is 0 Å². The van der Waals surface area contributed by atoms with Crippen molar-refractivity contribution in [3.8, 4) is 0 Å². The van der Waals surface area contributed by atoms with Gasteiger partial charge in [-0.15, -0.1) is 0 Å². The minimum Gasteiger partial charge on any atom is -0.394 e. The van der Waals surface area contributed by atoms with E-state index in [-0.39, 0.29) is 24.1 Å². The Morgan fingerprint density at radius 3 is 2.62 bits per heavy atom. The number of nitrogens with one attached hydrogen (secondary N) is 2. The molecule has 0 spiro atoms. The minimum absolute atomic E-state index is 0.00206. The van der Waals surface area contributed by atoms with E-state index in [0.717, 1.165) is 12.8 Å². The predicted octanol–water partition coefficient (Wildman–Crippen LogP) is -0.374. The Bertz CT molecular complexity index is 190. The van der Waals surface area contributed by atoms with E-state index in [9.17, 15) is 4.79 Å². The summed E-state index contributed by atoms with van der Waals surface area (Å²) in [6, 6.07) is -0.213. The van der Waals surface area contributed by atoms with Gasteiger partial charge in [0.2, 0.25) is 5.91 Å². The number of aliphatic hydroxyl groups is 1. The van der Waals surface area contributed by atoms with Crippen LogP contribution >= 0.6 is 0 Å². The molecule has 0 radical (unpaired) electrons. The number of carbonyl (C=O) groups is 1. The Kier molecular flexibility index (Phi) is 3.27. The maximum atomic E-state index is 11.3. The van der Waals surface area contributed by atoms with E-state index in [1.54, 1.807) is 0 Å². The summed E-state index contributed by atoms with van der Waals surface area (Å²) in [4.78, 5) is 11.3. The summed E-state index contributed by atoms with van der Waals surface area (Å²) >= 11 is 0. The zero-order chi connectivity index (χ0) is 9.90. The number of likely N-dealkylation sites (N-methyl/N-ethyl adjacent to an activating group) is 1. The van der Waals surface area contributed by atoms with Crippen molar-refractivity contribution in [2.24, 2.45) is 0 Å². The van der Waals surface area contributed by atoms with Crippen LogP contribution in [0.5, 0.6) is 0 Å². The van der Waals surface area contributed by atoms with Crippen LogP contribution in [0.1, 0.15) is 26.7 Å². The quantitative estimate of drug-likeness (QED) is 0.549. The third kappa shape index (κ3) is 2.67. The van der Waals surface area contributed by atoms with E-state index in [1.807, 2.05) is 13.8 Å². The summed E-state index contributed by atoms with van der Waals surface area (Å²) in [6.07, 6.45) is 1.93. The zero-order valence-electron chi connectivity index (χ0n) is 8.26. The Balaban J connectivity index is 2.32. The summed E-state index contributed by atoms with van der Waals surface area (Å²) in [6.45, 7) is 4.48. The molecule has 4 nitrogen and oxygen atoms in total. The minimum atomic E-state index is -0.213. The summed E-state index contributed by atoms with van der Waals surface area (Å²) in [5.41, 5.74) is -0.162. The lowest BCUT2D eigenvalue weighted by atomic mass is 10.2. The van der Waals surface area contributed by atoms with Crippen molar-refractivity contribution in [2.45, 2.75) is 38.3 Å². The summed E-state index contributed by atoms with van der Waals surface area (Å²) in [5, 5.41) is 14.9. The lowest BCUT2D eigenvalue weighted by molar-refractivity contribution is -0.123. The molecule has 1 atom stereocenters.